The van der Waals surface area contributed by atoms with Crippen LogP contribution in [-0.2, 0) is 35.1 Å². The molecule has 3 heterocycles. The summed E-state index contributed by atoms with van der Waals surface area (Å²) in [6, 6.07) is 85.9. The Morgan fingerprint density at radius 3 is 1.53 bits per heavy atom. The normalized spacial score (nSPS) is 15.0. The number of rotatable bonds is 20. The molecule has 12 nitrogen and oxygen atoms in total. The van der Waals surface area contributed by atoms with Crippen molar-refractivity contribution >= 4 is 51.7 Å². The third-order valence-electron chi connectivity index (χ3n) is 15.0. The van der Waals surface area contributed by atoms with Crippen molar-refractivity contribution in [1.82, 2.24) is 15.2 Å². The van der Waals surface area contributed by atoms with Gasteiger partial charge in [0.05, 0.1) is 11.6 Å². The van der Waals surface area contributed by atoms with Crippen molar-refractivity contribution in [2.24, 2.45) is 5.16 Å². The lowest BCUT2D eigenvalue weighted by Gasteiger charge is -2.49. The quantitative estimate of drug-likeness (QED) is 0.0248. The number of carbonyl (C=O) groups excluding carboxylic acids is 3. The molecule has 9 aromatic carbocycles. The maximum Gasteiger partial charge on any atom is 0.356 e. The van der Waals surface area contributed by atoms with E-state index in [1.54, 1.807) is 29.6 Å². The second-order valence-electron chi connectivity index (χ2n) is 20.2. The Hall–Kier alpha value is -10.3. The van der Waals surface area contributed by atoms with Crippen LogP contribution >= 0.6 is 23.1 Å². The number of thioether (sulfide) groups is 1. The molecular weight excluding hydrogens is 1100 g/mol. The van der Waals surface area contributed by atoms with E-state index in [9.17, 15) is 5.26 Å². The molecule has 1 unspecified atom stereocenters. The highest BCUT2D eigenvalue weighted by Crippen LogP contribution is 2.45. The first-order valence-electron chi connectivity index (χ1n) is 27.6. The van der Waals surface area contributed by atoms with Gasteiger partial charge in [-0.2, -0.15) is 5.26 Å². The molecule has 0 spiro atoms. The molecule has 0 aliphatic carbocycles. The average molecular weight is 1150 g/mol. The number of ether oxygens (including phenoxy) is 2. The second-order valence-corrected chi connectivity index (χ2v) is 22.1. The second kappa shape index (κ2) is 25.0. The molecule has 10 aromatic rings. The van der Waals surface area contributed by atoms with Gasteiger partial charge in [-0.25, -0.2) is 9.78 Å². The van der Waals surface area contributed by atoms with Gasteiger partial charge in [-0.3, -0.25) is 14.5 Å². The summed E-state index contributed by atoms with van der Waals surface area (Å²) in [5, 5.41) is 22.7. The van der Waals surface area contributed by atoms with Gasteiger partial charge in [0.2, 0.25) is 5.60 Å². The smallest absolute Gasteiger partial charge is 0.356 e. The minimum absolute atomic E-state index is 0.0225. The highest BCUT2D eigenvalue weighted by Gasteiger charge is 2.55. The molecule has 1 saturated heterocycles. The number of nitriles is 1. The van der Waals surface area contributed by atoms with E-state index in [1.807, 2.05) is 206 Å². The molecule has 0 radical (unpaired) electrons. The van der Waals surface area contributed by atoms with E-state index < -0.39 is 46.4 Å². The fourth-order valence-corrected chi connectivity index (χ4v) is 13.0. The van der Waals surface area contributed by atoms with Crippen molar-refractivity contribution in [3.8, 4) is 11.8 Å². The lowest BCUT2D eigenvalue weighted by molar-refractivity contribution is -0.154. The number of oxime groups is 1. The zero-order chi connectivity index (χ0) is 58.0. The van der Waals surface area contributed by atoms with Gasteiger partial charge in [0.25, 0.3) is 11.8 Å². The first-order valence-corrected chi connectivity index (χ1v) is 29.5. The number of thiazole rings is 1. The minimum Gasteiger partial charge on any atom is -0.489 e. The van der Waals surface area contributed by atoms with E-state index in [0.717, 1.165) is 44.5 Å². The summed E-state index contributed by atoms with van der Waals surface area (Å²) in [6.45, 7) is -0.0708. The Morgan fingerprint density at radius 2 is 1.07 bits per heavy atom. The zero-order valence-electron chi connectivity index (χ0n) is 45.7. The van der Waals surface area contributed by atoms with Crippen LogP contribution in [0.2, 0.25) is 0 Å². The van der Waals surface area contributed by atoms with Crippen molar-refractivity contribution in [1.29, 1.82) is 5.26 Å². The van der Waals surface area contributed by atoms with E-state index in [4.69, 9.17) is 24.5 Å². The number of nitrogens with one attached hydrogen (secondary N) is 2. The van der Waals surface area contributed by atoms with E-state index in [-0.39, 0.29) is 29.5 Å². The molecule has 14 heteroatoms. The number of fused-ring (bicyclic) bond motifs is 1. The Morgan fingerprint density at radius 1 is 0.624 bits per heavy atom. The van der Waals surface area contributed by atoms with Gasteiger partial charge in [-0.15, -0.1) is 23.1 Å². The number of hydrogen-bond acceptors (Lipinski definition) is 12. The predicted octanol–water partition coefficient (Wildman–Crippen LogP) is 13.2. The Bertz CT molecular complexity index is 3810. The van der Waals surface area contributed by atoms with Crippen LogP contribution in [0.25, 0.3) is 0 Å². The monoisotopic (exact) mass is 1150 g/mol. The van der Waals surface area contributed by atoms with E-state index in [1.165, 1.54) is 28.0 Å². The van der Waals surface area contributed by atoms with Gasteiger partial charge in [0.1, 0.15) is 40.7 Å². The molecule has 2 N–H and O–H groups in total. The third-order valence-corrected chi connectivity index (χ3v) is 17.1. The maximum absolute atomic E-state index is 15.6. The summed E-state index contributed by atoms with van der Waals surface area (Å²) < 4.78 is 12.7. The zero-order valence-corrected chi connectivity index (χ0v) is 47.3. The molecular formula is C71H54N6O6S2. The molecule has 2 amide bonds. The van der Waals surface area contributed by atoms with Crippen molar-refractivity contribution < 1.29 is 28.7 Å². The molecule has 1 fully saturated rings. The highest BCUT2D eigenvalue weighted by atomic mass is 32.2. The first-order chi connectivity index (χ1) is 41.8. The number of carbonyl (C=O) groups is 3. The third kappa shape index (κ3) is 11.2. The minimum atomic E-state index is -1.40. The molecule has 0 bridgehead atoms. The Balaban J connectivity index is 0.932. The van der Waals surface area contributed by atoms with Gasteiger partial charge >= 0.3 is 5.97 Å². The molecule has 85 heavy (non-hydrogen) atoms. The number of aromatic nitrogens is 1. The van der Waals surface area contributed by atoms with Gasteiger partial charge in [-0.1, -0.05) is 248 Å². The van der Waals surface area contributed by atoms with Crippen LogP contribution in [0.15, 0.2) is 289 Å². The van der Waals surface area contributed by atoms with Crippen molar-refractivity contribution in [3.63, 3.8) is 0 Å². The SMILES string of the molecule is N#Cc1ccc(OCC2=C(C(=O)OC(c3ccccc3)c3ccccc3)N3C(=O)C(NC(=O)/C(=N/OC(c4ccccc4)(c4ccccc4)c4ccccc4)c4csc(NC(c5ccccc5)(c5ccccc5)c5ccccc5)n4)[C@H]3SC2)cc1. The number of amides is 2. The molecule has 12 rings (SSSR count). The molecule has 2 aliphatic rings. The average Bonchev–Trinajstić information content (AvgIpc) is 2.68. The van der Waals surface area contributed by atoms with Crippen LogP contribution < -0.4 is 15.4 Å². The van der Waals surface area contributed by atoms with Crippen LogP contribution in [0.4, 0.5) is 5.13 Å². The van der Waals surface area contributed by atoms with Gasteiger partial charge in [0, 0.05) is 33.4 Å². The number of β-lactam (4-membered cyclic amide) rings is 1. The molecule has 2 atom stereocenters. The summed E-state index contributed by atoms with van der Waals surface area (Å²) in [5.74, 6) is -1.32. The van der Waals surface area contributed by atoms with Crippen LogP contribution in [0.3, 0.4) is 0 Å². The molecule has 1 aromatic heterocycles. The fourth-order valence-electron chi connectivity index (χ4n) is 10.9. The van der Waals surface area contributed by atoms with E-state index in [0.29, 0.717) is 22.0 Å². The van der Waals surface area contributed by atoms with Gasteiger partial charge in [0.15, 0.2) is 16.9 Å². The number of esters is 1. The molecule has 416 valence electrons. The Labute approximate surface area is 500 Å². The van der Waals surface area contributed by atoms with Crippen LogP contribution in [0.5, 0.6) is 5.75 Å². The van der Waals surface area contributed by atoms with Crippen molar-refractivity contribution in [2.75, 3.05) is 17.7 Å². The van der Waals surface area contributed by atoms with Gasteiger partial charge in [-0.05, 0) is 52.1 Å². The summed E-state index contributed by atoms with van der Waals surface area (Å²) in [6.07, 6.45) is -0.827. The fraction of sp³-hybridized carbons (Fsp3) is 0.0986. The topological polar surface area (TPSA) is 155 Å². The van der Waals surface area contributed by atoms with Crippen molar-refractivity contribution in [2.45, 2.75) is 28.7 Å². The molecule has 0 saturated carbocycles. The maximum atomic E-state index is 15.6. The summed E-state index contributed by atoms with van der Waals surface area (Å²) in [4.78, 5) is 59.3. The summed E-state index contributed by atoms with van der Waals surface area (Å²) in [7, 11) is 0. The lowest BCUT2D eigenvalue weighted by atomic mass is 9.77. The van der Waals surface area contributed by atoms with Crippen LogP contribution in [0, 0.1) is 11.3 Å². The summed E-state index contributed by atoms with van der Waals surface area (Å²) in [5.41, 5.74) is 5.15. The van der Waals surface area contributed by atoms with Crippen molar-refractivity contribution in [3.05, 3.63) is 339 Å². The predicted molar refractivity (Wildman–Crippen MR) is 331 cm³/mol. The lowest BCUT2D eigenvalue weighted by Crippen LogP contribution is -2.71. The standard InChI is InChI=1S/C71H54N6O6S2/c72-45-49-41-43-59(44-42-49)81-46-52-47-84-67-62(66(79)77(67)63(52)68(80)82-64(50-25-9-1-10-26-50)51-27-11-2-12-28-51)74-65(78)61(76-83-71(56-35-19-6-20-36-56,57-37-21-7-22-38-57)58-39-23-8-24-40-58)60-48-85-69(73-60)75-70(53-29-13-3-14-30-53,54-31-15-4-16-32-54)55-33-17-5-18-34-55/h1-44,48,62,64,67H,46-47H2,(H,73,75)(H,74,78)/b76-61+/t62?,67-/m1/s1. The number of benzene rings is 9. The summed E-state index contributed by atoms with van der Waals surface area (Å²) >= 11 is 2.67. The number of nitrogens with zero attached hydrogens (tertiary/aromatic N) is 4. The van der Waals surface area contributed by atoms with Gasteiger partial charge < -0.3 is 24.9 Å². The number of anilines is 1. The Kier molecular flexibility index (Phi) is 16.3. The number of hydrogen-bond donors (Lipinski definition) is 2. The molecule has 2 aliphatic heterocycles. The van der Waals surface area contributed by atoms with E-state index in [2.05, 4.69) is 53.1 Å². The van der Waals surface area contributed by atoms with Crippen LogP contribution in [-0.4, -0.2) is 57.2 Å². The van der Waals surface area contributed by atoms with Crippen LogP contribution in [0.1, 0.15) is 61.9 Å². The first kappa shape index (κ1) is 55.2. The largest absolute Gasteiger partial charge is 0.489 e. The van der Waals surface area contributed by atoms with E-state index >= 15 is 14.4 Å². The highest BCUT2D eigenvalue weighted by molar-refractivity contribution is 8.00.